The molecular formula is C30H30O3. The molecule has 33 heavy (non-hydrogen) atoms. The topological polar surface area (TPSA) is 46.5 Å². The lowest BCUT2D eigenvalue weighted by Crippen LogP contribution is -2.33. The predicted molar refractivity (Wildman–Crippen MR) is 130 cm³/mol. The largest absolute Gasteiger partial charge is 0.392 e. The summed E-state index contributed by atoms with van der Waals surface area (Å²) in [6.45, 7) is 0.396. The van der Waals surface area contributed by atoms with Gasteiger partial charge in [0.2, 0.25) is 0 Å². The van der Waals surface area contributed by atoms with E-state index < -0.39 is 5.60 Å². The molecule has 0 heterocycles. The van der Waals surface area contributed by atoms with Gasteiger partial charge in [0, 0.05) is 18.8 Å². The number of rotatable bonds is 7. The third-order valence-electron chi connectivity index (χ3n) is 7.34. The number of Topliss-reactive ketones (excluding diaryl/α,β-unsaturated/α-hetero) is 1. The van der Waals surface area contributed by atoms with Crippen molar-refractivity contribution in [3.8, 4) is 0 Å². The highest BCUT2D eigenvalue weighted by Gasteiger charge is 2.46. The summed E-state index contributed by atoms with van der Waals surface area (Å²) >= 11 is 0. The van der Waals surface area contributed by atoms with Gasteiger partial charge in [-0.25, -0.2) is 0 Å². The molecule has 2 aliphatic carbocycles. The van der Waals surface area contributed by atoms with Gasteiger partial charge in [-0.1, -0.05) is 103 Å². The predicted octanol–water partition coefficient (Wildman–Crippen LogP) is 5.53. The van der Waals surface area contributed by atoms with Gasteiger partial charge in [-0.15, -0.1) is 0 Å². The number of fused-ring (bicyclic) bond motifs is 1. The molecular weight excluding hydrogens is 408 g/mol. The van der Waals surface area contributed by atoms with Gasteiger partial charge in [-0.05, 0) is 34.9 Å². The van der Waals surface area contributed by atoms with Crippen molar-refractivity contribution in [3.05, 3.63) is 120 Å². The van der Waals surface area contributed by atoms with Crippen molar-refractivity contribution in [2.75, 3.05) is 6.61 Å². The van der Waals surface area contributed by atoms with E-state index in [0.717, 1.165) is 23.1 Å². The Labute approximate surface area is 195 Å². The Bertz CT molecular complexity index is 994. The standard InChI is InChI=1S/C30H30O3/c31-26-19-22-20-29(32)27(28(22)21-26)17-10-18-33-30(23-11-4-1-5-12-23,24-13-6-2-7-14-24)25-15-8-3-9-16-25/h1-17,22,27-29,32H,18-21H2/t22-,27+,28+,29+/m0/s1. The van der Waals surface area contributed by atoms with Crippen LogP contribution in [-0.4, -0.2) is 23.6 Å². The fourth-order valence-electron chi connectivity index (χ4n) is 5.84. The molecule has 3 heteroatoms. The van der Waals surface area contributed by atoms with Crippen LogP contribution in [0.25, 0.3) is 0 Å². The maximum absolute atomic E-state index is 11.9. The van der Waals surface area contributed by atoms with Crippen molar-refractivity contribution in [1.82, 2.24) is 0 Å². The van der Waals surface area contributed by atoms with E-state index in [9.17, 15) is 9.90 Å². The molecule has 0 aromatic heterocycles. The van der Waals surface area contributed by atoms with Gasteiger partial charge < -0.3 is 9.84 Å². The van der Waals surface area contributed by atoms with Crippen LogP contribution in [0.15, 0.2) is 103 Å². The van der Waals surface area contributed by atoms with Crippen molar-refractivity contribution >= 4 is 5.78 Å². The number of hydrogen-bond acceptors (Lipinski definition) is 3. The molecule has 168 valence electrons. The highest BCUT2D eigenvalue weighted by Crippen LogP contribution is 2.47. The number of carbonyl (C=O) groups excluding carboxylic acids is 1. The molecule has 0 aliphatic heterocycles. The van der Waals surface area contributed by atoms with E-state index in [1.807, 2.05) is 60.7 Å². The summed E-state index contributed by atoms with van der Waals surface area (Å²) in [6.07, 6.45) is 5.70. The second-order valence-corrected chi connectivity index (χ2v) is 9.27. The number of ketones is 1. The Balaban J connectivity index is 1.47. The first-order chi connectivity index (χ1) is 16.2. The average molecular weight is 439 g/mol. The third kappa shape index (κ3) is 4.19. The zero-order valence-electron chi connectivity index (χ0n) is 18.7. The molecule has 0 amide bonds. The van der Waals surface area contributed by atoms with Crippen molar-refractivity contribution in [2.24, 2.45) is 17.8 Å². The summed E-state index contributed by atoms with van der Waals surface area (Å²) in [7, 11) is 0. The fraction of sp³-hybridized carbons (Fsp3) is 0.300. The van der Waals surface area contributed by atoms with Crippen molar-refractivity contribution in [1.29, 1.82) is 0 Å². The summed E-state index contributed by atoms with van der Waals surface area (Å²) < 4.78 is 6.78. The van der Waals surface area contributed by atoms with Crippen LogP contribution in [0.5, 0.6) is 0 Å². The first-order valence-corrected chi connectivity index (χ1v) is 11.9. The molecule has 3 nitrogen and oxygen atoms in total. The fourth-order valence-corrected chi connectivity index (χ4v) is 5.84. The van der Waals surface area contributed by atoms with Gasteiger partial charge in [0.25, 0.3) is 0 Å². The smallest absolute Gasteiger partial charge is 0.144 e. The number of aliphatic hydroxyl groups is 1. The lowest BCUT2D eigenvalue weighted by atomic mass is 9.80. The van der Waals surface area contributed by atoms with Gasteiger partial charge in [-0.3, -0.25) is 4.79 Å². The van der Waals surface area contributed by atoms with E-state index in [4.69, 9.17) is 4.74 Å². The molecule has 5 rings (SSSR count). The van der Waals surface area contributed by atoms with Crippen LogP contribution in [0.3, 0.4) is 0 Å². The quantitative estimate of drug-likeness (QED) is 0.390. The van der Waals surface area contributed by atoms with Crippen molar-refractivity contribution in [3.63, 3.8) is 0 Å². The first-order valence-electron chi connectivity index (χ1n) is 11.9. The molecule has 4 atom stereocenters. The molecule has 0 unspecified atom stereocenters. The van der Waals surface area contributed by atoms with Crippen LogP contribution < -0.4 is 0 Å². The highest BCUT2D eigenvalue weighted by atomic mass is 16.5. The number of aliphatic hydroxyl groups excluding tert-OH is 1. The Morgan fingerprint density at radius 3 is 1.85 bits per heavy atom. The number of hydrogen-bond donors (Lipinski definition) is 1. The van der Waals surface area contributed by atoms with Crippen LogP contribution in [0.4, 0.5) is 0 Å². The Morgan fingerprint density at radius 2 is 1.33 bits per heavy atom. The average Bonchev–Trinajstić information content (AvgIpc) is 3.35. The van der Waals surface area contributed by atoms with E-state index in [1.54, 1.807) is 0 Å². The minimum atomic E-state index is -0.756. The molecule has 0 radical (unpaired) electrons. The van der Waals surface area contributed by atoms with Gasteiger partial charge in [-0.2, -0.15) is 0 Å². The van der Waals surface area contributed by atoms with Gasteiger partial charge in [0.05, 0.1) is 12.7 Å². The number of carbonyl (C=O) groups is 1. The van der Waals surface area contributed by atoms with Crippen LogP contribution in [0, 0.1) is 17.8 Å². The number of benzene rings is 3. The van der Waals surface area contributed by atoms with Gasteiger partial charge >= 0.3 is 0 Å². The summed E-state index contributed by atoms with van der Waals surface area (Å²) in [5.41, 5.74) is 2.45. The van der Waals surface area contributed by atoms with Crippen LogP contribution >= 0.6 is 0 Å². The highest BCUT2D eigenvalue weighted by molar-refractivity contribution is 5.81. The monoisotopic (exact) mass is 438 g/mol. The molecule has 3 aromatic rings. The molecule has 0 saturated heterocycles. The number of ether oxygens (including phenoxy) is 1. The molecule has 3 aromatic carbocycles. The van der Waals surface area contributed by atoms with Crippen LogP contribution in [-0.2, 0) is 15.1 Å². The maximum Gasteiger partial charge on any atom is 0.144 e. The van der Waals surface area contributed by atoms with Crippen molar-refractivity contribution < 1.29 is 14.6 Å². The molecule has 0 spiro atoms. The normalized spacial score (nSPS) is 24.9. The van der Waals surface area contributed by atoms with Gasteiger partial charge in [0.1, 0.15) is 11.4 Å². The van der Waals surface area contributed by atoms with E-state index >= 15 is 0 Å². The Kier molecular flexibility index (Phi) is 6.26. The summed E-state index contributed by atoms with van der Waals surface area (Å²) in [5.74, 6) is 0.971. The SMILES string of the molecule is O=C1C[C@H]2C[C@@H](O)[C@H](C=CCOC(c3ccccc3)(c3ccccc3)c3ccccc3)[C@@H]2C1. The van der Waals surface area contributed by atoms with Crippen molar-refractivity contribution in [2.45, 2.75) is 31.0 Å². The molecule has 0 bridgehead atoms. The third-order valence-corrected chi connectivity index (χ3v) is 7.34. The second-order valence-electron chi connectivity index (χ2n) is 9.27. The second kappa shape index (κ2) is 9.46. The molecule has 1 N–H and O–H groups in total. The minimum Gasteiger partial charge on any atom is -0.392 e. The lowest BCUT2D eigenvalue weighted by Gasteiger charge is -2.35. The van der Waals surface area contributed by atoms with E-state index in [1.165, 1.54) is 0 Å². The Morgan fingerprint density at radius 1 is 0.818 bits per heavy atom. The lowest BCUT2D eigenvalue weighted by molar-refractivity contribution is -0.118. The Hall–Kier alpha value is -3.01. The minimum absolute atomic E-state index is 0.0321. The zero-order chi connectivity index (χ0) is 22.7. The van der Waals surface area contributed by atoms with E-state index in [2.05, 4.69) is 42.5 Å². The van der Waals surface area contributed by atoms with Crippen LogP contribution in [0.1, 0.15) is 36.0 Å². The first kappa shape index (κ1) is 21.8. The van der Waals surface area contributed by atoms with E-state index in [-0.39, 0.29) is 17.9 Å². The zero-order valence-corrected chi connectivity index (χ0v) is 18.7. The van der Waals surface area contributed by atoms with E-state index in [0.29, 0.717) is 31.1 Å². The summed E-state index contributed by atoms with van der Waals surface area (Å²) in [5, 5.41) is 10.6. The maximum atomic E-state index is 11.9. The van der Waals surface area contributed by atoms with Crippen LogP contribution in [0.2, 0.25) is 0 Å². The molecule has 2 saturated carbocycles. The molecule has 2 fully saturated rings. The summed E-state index contributed by atoms with van der Waals surface area (Å²) in [6, 6.07) is 31.0. The van der Waals surface area contributed by atoms with Gasteiger partial charge in [0.15, 0.2) is 0 Å². The molecule has 2 aliphatic rings. The summed E-state index contributed by atoms with van der Waals surface area (Å²) in [4.78, 5) is 11.9.